The molecule has 0 aliphatic carbocycles. The molecule has 2 aromatic heterocycles. The van der Waals surface area contributed by atoms with Crippen molar-refractivity contribution in [3.05, 3.63) is 92.6 Å². The van der Waals surface area contributed by atoms with Gasteiger partial charge in [-0.05, 0) is 62.5 Å². The Bertz CT molecular complexity index is 1480. The smallest absolute Gasteiger partial charge is 0.201 e. The lowest BCUT2D eigenvalue weighted by atomic mass is 10.2. The standard InChI is InChI=1S/2C13H13N3O2S.H2O/c2*1-2-14-13(19)16-15-7-9-8-18-11-6-4-3-5-10(11)12(9)17;/h2*3-8H,2H2,1H3,(H2,14,16,19);1H2/b2*15-7+;. The molecule has 0 spiro atoms. The van der Waals surface area contributed by atoms with Crippen LogP contribution in [0.15, 0.2) is 89.7 Å². The number of para-hydroxylation sites is 2. The van der Waals surface area contributed by atoms with Gasteiger partial charge < -0.3 is 24.9 Å². The van der Waals surface area contributed by atoms with Crippen molar-refractivity contribution in [3.63, 3.8) is 0 Å². The lowest BCUT2D eigenvalue weighted by Gasteiger charge is -2.02. The van der Waals surface area contributed by atoms with Crippen LogP contribution in [0.2, 0.25) is 0 Å². The molecular formula is C26H28N6O5S2. The molecule has 0 unspecified atom stereocenters. The van der Waals surface area contributed by atoms with Gasteiger partial charge in [0.05, 0.1) is 34.3 Å². The van der Waals surface area contributed by atoms with Gasteiger partial charge in [0.1, 0.15) is 23.7 Å². The lowest BCUT2D eigenvalue weighted by Crippen LogP contribution is -2.31. The molecule has 0 aliphatic rings. The van der Waals surface area contributed by atoms with Crippen molar-refractivity contribution < 1.29 is 14.3 Å². The Morgan fingerprint density at radius 1 is 0.744 bits per heavy atom. The molecule has 0 radical (unpaired) electrons. The van der Waals surface area contributed by atoms with E-state index in [4.69, 9.17) is 33.3 Å². The van der Waals surface area contributed by atoms with Gasteiger partial charge in [0, 0.05) is 13.1 Å². The topological polar surface area (TPSA) is 165 Å². The maximum absolute atomic E-state index is 12.1. The Kier molecular flexibility index (Phi) is 12.4. The Morgan fingerprint density at radius 3 is 1.51 bits per heavy atom. The number of hydrogen-bond donors (Lipinski definition) is 4. The predicted molar refractivity (Wildman–Crippen MR) is 163 cm³/mol. The molecule has 204 valence electrons. The second kappa shape index (κ2) is 15.7. The number of fused-ring (bicyclic) bond motifs is 2. The van der Waals surface area contributed by atoms with Crippen LogP contribution in [0.3, 0.4) is 0 Å². The van der Waals surface area contributed by atoms with Crippen LogP contribution in [-0.4, -0.2) is 41.2 Å². The van der Waals surface area contributed by atoms with E-state index in [0.717, 1.165) is 0 Å². The Balaban J connectivity index is 0.000000267. The molecule has 0 fully saturated rings. The van der Waals surface area contributed by atoms with E-state index in [1.165, 1.54) is 25.0 Å². The van der Waals surface area contributed by atoms with E-state index in [2.05, 4.69) is 31.7 Å². The van der Waals surface area contributed by atoms with Crippen LogP contribution in [0.5, 0.6) is 0 Å². The van der Waals surface area contributed by atoms with Crippen molar-refractivity contribution in [2.24, 2.45) is 10.2 Å². The first-order chi connectivity index (χ1) is 18.4. The molecule has 0 bridgehead atoms. The van der Waals surface area contributed by atoms with Crippen molar-refractivity contribution in [1.29, 1.82) is 0 Å². The largest absolute Gasteiger partial charge is 0.463 e. The summed E-state index contributed by atoms with van der Waals surface area (Å²) in [5.74, 6) is 0. The molecule has 0 saturated carbocycles. The van der Waals surface area contributed by atoms with Gasteiger partial charge in [0.2, 0.25) is 10.9 Å². The fraction of sp³-hybridized carbons (Fsp3) is 0.154. The summed E-state index contributed by atoms with van der Waals surface area (Å²) in [6.45, 7) is 5.27. The molecule has 0 aliphatic heterocycles. The summed E-state index contributed by atoms with van der Waals surface area (Å²) < 4.78 is 10.7. The Morgan fingerprint density at radius 2 is 1.13 bits per heavy atom. The van der Waals surface area contributed by atoms with Crippen LogP contribution >= 0.6 is 24.4 Å². The fourth-order valence-corrected chi connectivity index (χ4v) is 3.48. The van der Waals surface area contributed by atoms with Gasteiger partial charge >= 0.3 is 0 Å². The Labute approximate surface area is 234 Å². The van der Waals surface area contributed by atoms with Crippen LogP contribution in [0.25, 0.3) is 21.9 Å². The van der Waals surface area contributed by atoms with Gasteiger partial charge in [0.25, 0.3) is 0 Å². The second-order valence-electron chi connectivity index (χ2n) is 7.49. The molecule has 0 amide bonds. The van der Waals surface area contributed by atoms with Gasteiger partial charge in [-0.2, -0.15) is 10.2 Å². The van der Waals surface area contributed by atoms with E-state index in [9.17, 15) is 9.59 Å². The highest BCUT2D eigenvalue weighted by molar-refractivity contribution is 7.80. The average Bonchev–Trinajstić information content (AvgIpc) is 2.92. The average molecular weight is 569 g/mol. The third-order valence-electron chi connectivity index (χ3n) is 4.83. The summed E-state index contributed by atoms with van der Waals surface area (Å²) in [4.78, 5) is 24.2. The summed E-state index contributed by atoms with van der Waals surface area (Å²) in [5, 5.41) is 15.4. The SMILES string of the molecule is CCNC(=S)N/N=C/c1coc2ccccc2c1=O.CCNC(=S)N/N=C/c1coc2ccccc2c1=O.O. The molecule has 4 rings (SSSR count). The van der Waals surface area contributed by atoms with Crippen LogP contribution < -0.4 is 32.3 Å². The van der Waals surface area contributed by atoms with Crippen LogP contribution in [0.1, 0.15) is 25.0 Å². The van der Waals surface area contributed by atoms with E-state index in [1.54, 1.807) is 36.4 Å². The maximum atomic E-state index is 12.1. The second-order valence-corrected chi connectivity index (χ2v) is 8.31. The van der Waals surface area contributed by atoms with Crippen LogP contribution in [0, 0.1) is 0 Å². The number of rotatable bonds is 6. The van der Waals surface area contributed by atoms with Crippen molar-refractivity contribution in [2.45, 2.75) is 13.8 Å². The van der Waals surface area contributed by atoms with Crippen LogP contribution in [-0.2, 0) is 0 Å². The summed E-state index contributed by atoms with van der Waals surface area (Å²) >= 11 is 9.88. The molecule has 0 atom stereocenters. The van der Waals surface area contributed by atoms with E-state index < -0.39 is 0 Å². The molecular weight excluding hydrogens is 540 g/mol. The minimum Gasteiger partial charge on any atom is -0.463 e. The monoisotopic (exact) mass is 568 g/mol. The van der Waals surface area contributed by atoms with Gasteiger partial charge in [-0.3, -0.25) is 20.4 Å². The molecule has 39 heavy (non-hydrogen) atoms. The van der Waals surface area contributed by atoms with Crippen molar-refractivity contribution in [3.8, 4) is 0 Å². The quantitative estimate of drug-likeness (QED) is 0.154. The third-order valence-corrected chi connectivity index (χ3v) is 5.30. The molecule has 6 N–H and O–H groups in total. The molecule has 13 heteroatoms. The highest BCUT2D eigenvalue weighted by atomic mass is 32.1. The summed E-state index contributed by atoms with van der Waals surface area (Å²) in [7, 11) is 0. The molecule has 2 aromatic carbocycles. The first-order valence-corrected chi connectivity index (χ1v) is 12.4. The van der Waals surface area contributed by atoms with E-state index in [1.807, 2.05) is 26.0 Å². The van der Waals surface area contributed by atoms with Gasteiger partial charge in [0.15, 0.2) is 10.2 Å². The normalized spacial score (nSPS) is 10.5. The lowest BCUT2D eigenvalue weighted by molar-refractivity contribution is 0.601. The first-order valence-electron chi connectivity index (χ1n) is 11.6. The van der Waals surface area contributed by atoms with E-state index in [0.29, 0.717) is 56.4 Å². The zero-order chi connectivity index (χ0) is 27.3. The molecule has 11 nitrogen and oxygen atoms in total. The third kappa shape index (κ3) is 8.81. The van der Waals surface area contributed by atoms with E-state index >= 15 is 0 Å². The Hall–Kier alpha value is -4.46. The number of hydrazone groups is 2. The highest BCUT2D eigenvalue weighted by Gasteiger charge is 2.05. The molecule has 2 heterocycles. The van der Waals surface area contributed by atoms with Crippen molar-refractivity contribution >= 4 is 69.0 Å². The number of benzene rings is 2. The van der Waals surface area contributed by atoms with E-state index in [-0.39, 0.29) is 16.3 Å². The number of thiocarbonyl (C=S) groups is 2. The summed E-state index contributed by atoms with van der Waals surface area (Å²) in [6.07, 6.45) is 5.54. The molecule has 4 aromatic rings. The van der Waals surface area contributed by atoms with Crippen molar-refractivity contribution in [1.82, 2.24) is 21.5 Å². The molecule has 0 saturated heterocycles. The maximum Gasteiger partial charge on any atom is 0.201 e. The number of nitrogens with one attached hydrogen (secondary N) is 4. The minimum absolute atomic E-state index is 0. The van der Waals surface area contributed by atoms with Crippen molar-refractivity contribution in [2.75, 3.05) is 13.1 Å². The van der Waals surface area contributed by atoms with Gasteiger partial charge in [-0.1, -0.05) is 24.3 Å². The minimum atomic E-state index is -0.123. The highest BCUT2D eigenvalue weighted by Crippen LogP contribution is 2.10. The predicted octanol–water partition coefficient (Wildman–Crippen LogP) is 2.40. The first kappa shape index (κ1) is 30.8. The zero-order valence-corrected chi connectivity index (χ0v) is 22.8. The van der Waals surface area contributed by atoms with Crippen LogP contribution in [0.4, 0.5) is 0 Å². The number of nitrogens with zero attached hydrogens (tertiary/aromatic N) is 2. The summed E-state index contributed by atoms with van der Waals surface area (Å²) in [6, 6.07) is 14.1. The van der Waals surface area contributed by atoms with Gasteiger partial charge in [-0.15, -0.1) is 0 Å². The zero-order valence-electron chi connectivity index (χ0n) is 21.2. The van der Waals surface area contributed by atoms with Gasteiger partial charge in [-0.25, -0.2) is 0 Å². The number of hydrogen-bond acceptors (Lipinski definition) is 8. The summed E-state index contributed by atoms with van der Waals surface area (Å²) in [5.41, 5.74) is 6.83. The fourth-order valence-electron chi connectivity index (χ4n) is 3.09.